The molecule has 0 bridgehead atoms. The minimum absolute atomic E-state index is 0.235. The number of nitrogens with one attached hydrogen (secondary N) is 1. The van der Waals surface area contributed by atoms with E-state index >= 15 is 0 Å². The summed E-state index contributed by atoms with van der Waals surface area (Å²) in [6, 6.07) is 5.21. The molecule has 19 heavy (non-hydrogen) atoms. The van der Waals surface area contributed by atoms with Crippen molar-refractivity contribution in [2.45, 2.75) is 13.0 Å². The lowest BCUT2D eigenvalue weighted by Crippen LogP contribution is -2.38. The number of aliphatic carboxylic acids is 1. The minimum atomic E-state index is -1.12. The van der Waals surface area contributed by atoms with Crippen molar-refractivity contribution in [3.05, 3.63) is 34.9 Å². The summed E-state index contributed by atoms with van der Waals surface area (Å²) < 4.78 is 4.86. The second-order valence-electron chi connectivity index (χ2n) is 4.19. The molecule has 2 N–H and O–H groups in total. The molecule has 0 saturated heterocycles. The summed E-state index contributed by atoms with van der Waals surface area (Å²) in [6.07, 6.45) is 0. The Labute approximate surface area is 116 Å². The molecule has 0 fully saturated rings. The third kappa shape index (κ3) is 4.54. The lowest BCUT2D eigenvalue weighted by Gasteiger charge is -2.17. The highest BCUT2D eigenvalue weighted by Gasteiger charge is 2.24. The van der Waals surface area contributed by atoms with Gasteiger partial charge in [0.15, 0.2) is 6.04 Å². The number of carbonyl (C=O) groups excluding carboxylic acids is 1. The first-order valence-electron chi connectivity index (χ1n) is 5.73. The van der Waals surface area contributed by atoms with Gasteiger partial charge in [-0.25, -0.2) is 4.79 Å². The van der Waals surface area contributed by atoms with Crippen LogP contribution in [0, 0.1) is 5.92 Å². The molecule has 0 radical (unpaired) electrons. The Morgan fingerprint density at radius 1 is 1.37 bits per heavy atom. The van der Waals surface area contributed by atoms with E-state index in [2.05, 4.69) is 5.32 Å². The predicted molar refractivity (Wildman–Crippen MR) is 71.0 cm³/mol. The molecular weight excluding hydrogens is 270 g/mol. The molecule has 0 aromatic heterocycles. The number of hydrogen-bond acceptors (Lipinski definition) is 3. The number of rotatable bonds is 6. The highest BCUT2D eigenvalue weighted by molar-refractivity contribution is 6.30. The van der Waals surface area contributed by atoms with Crippen LogP contribution in [0.15, 0.2) is 24.3 Å². The van der Waals surface area contributed by atoms with Crippen molar-refractivity contribution < 1.29 is 19.4 Å². The van der Waals surface area contributed by atoms with Crippen LogP contribution in [-0.2, 0) is 14.3 Å². The minimum Gasteiger partial charge on any atom is -0.479 e. The maximum absolute atomic E-state index is 11.8. The van der Waals surface area contributed by atoms with Crippen molar-refractivity contribution in [3.8, 4) is 0 Å². The fourth-order valence-electron chi connectivity index (χ4n) is 1.55. The van der Waals surface area contributed by atoms with E-state index in [1.807, 2.05) is 0 Å². The van der Waals surface area contributed by atoms with Crippen molar-refractivity contribution in [1.29, 1.82) is 0 Å². The van der Waals surface area contributed by atoms with Crippen molar-refractivity contribution in [2.75, 3.05) is 13.7 Å². The second kappa shape index (κ2) is 7.11. The van der Waals surface area contributed by atoms with Gasteiger partial charge >= 0.3 is 5.97 Å². The zero-order valence-electron chi connectivity index (χ0n) is 10.7. The average Bonchev–Trinajstić information content (AvgIpc) is 2.37. The van der Waals surface area contributed by atoms with Crippen molar-refractivity contribution in [2.24, 2.45) is 5.92 Å². The topological polar surface area (TPSA) is 75.6 Å². The Morgan fingerprint density at radius 3 is 2.42 bits per heavy atom. The first-order valence-corrected chi connectivity index (χ1v) is 6.11. The zero-order chi connectivity index (χ0) is 14.4. The van der Waals surface area contributed by atoms with Gasteiger partial charge in [0.2, 0.25) is 5.91 Å². The molecular formula is C13H16ClNO4. The van der Waals surface area contributed by atoms with Gasteiger partial charge in [-0.05, 0) is 17.7 Å². The van der Waals surface area contributed by atoms with Gasteiger partial charge in [0.1, 0.15) is 0 Å². The van der Waals surface area contributed by atoms with E-state index in [-0.39, 0.29) is 12.5 Å². The van der Waals surface area contributed by atoms with Crippen LogP contribution in [0.1, 0.15) is 18.5 Å². The van der Waals surface area contributed by atoms with E-state index in [1.54, 1.807) is 31.2 Å². The molecule has 1 aromatic carbocycles. The van der Waals surface area contributed by atoms with Crippen molar-refractivity contribution in [1.82, 2.24) is 5.32 Å². The lowest BCUT2D eigenvalue weighted by atomic mass is 10.1. The van der Waals surface area contributed by atoms with E-state index in [0.717, 1.165) is 0 Å². The summed E-state index contributed by atoms with van der Waals surface area (Å²) in [5.74, 6) is -1.91. The normalized spacial score (nSPS) is 13.6. The van der Waals surface area contributed by atoms with Crippen LogP contribution in [-0.4, -0.2) is 30.7 Å². The van der Waals surface area contributed by atoms with E-state index in [0.29, 0.717) is 10.6 Å². The molecule has 1 aromatic rings. The largest absolute Gasteiger partial charge is 0.479 e. The van der Waals surface area contributed by atoms with Gasteiger partial charge in [0.25, 0.3) is 0 Å². The number of halogens is 1. The molecule has 0 aliphatic heterocycles. The summed E-state index contributed by atoms with van der Waals surface area (Å²) in [5.41, 5.74) is 0.467. The Morgan fingerprint density at radius 2 is 1.95 bits per heavy atom. The maximum Gasteiger partial charge on any atom is 0.330 e. The zero-order valence-corrected chi connectivity index (χ0v) is 11.5. The van der Waals surface area contributed by atoms with Gasteiger partial charge < -0.3 is 15.2 Å². The highest BCUT2D eigenvalue weighted by Crippen LogP contribution is 2.17. The van der Waals surface area contributed by atoms with Gasteiger partial charge in [-0.3, -0.25) is 4.79 Å². The van der Waals surface area contributed by atoms with Gasteiger partial charge in [0.05, 0.1) is 12.5 Å². The van der Waals surface area contributed by atoms with Crippen molar-refractivity contribution >= 4 is 23.5 Å². The Balaban J connectivity index is 2.82. The lowest BCUT2D eigenvalue weighted by molar-refractivity contribution is -0.142. The fourth-order valence-corrected chi connectivity index (χ4v) is 1.68. The number of methoxy groups -OCH3 is 1. The molecule has 6 heteroatoms. The summed E-state index contributed by atoms with van der Waals surface area (Å²) >= 11 is 5.74. The summed E-state index contributed by atoms with van der Waals surface area (Å²) in [7, 11) is 1.48. The number of ether oxygens (including phenoxy) is 1. The molecule has 2 atom stereocenters. The standard InChI is InChI=1S/C13H16ClNO4/c1-8(7-19-2)12(16)15-11(13(17)18)9-3-5-10(14)6-4-9/h3-6,8,11H,7H2,1-2H3,(H,15,16)(H,17,18). The molecule has 0 spiro atoms. The first-order chi connectivity index (χ1) is 8.95. The average molecular weight is 286 g/mol. The van der Waals surface area contributed by atoms with Crippen LogP contribution in [0.4, 0.5) is 0 Å². The molecule has 5 nitrogen and oxygen atoms in total. The number of hydrogen-bond donors (Lipinski definition) is 2. The van der Waals surface area contributed by atoms with E-state index in [9.17, 15) is 14.7 Å². The Hall–Kier alpha value is -1.59. The second-order valence-corrected chi connectivity index (χ2v) is 4.62. The number of benzene rings is 1. The fraction of sp³-hybridized carbons (Fsp3) is 0.385. The smallest absolute Gasteiger partial charge is 0.330 e. The molecule has 0 aliphatic rings. The molecule has 104 valence electrons. The summed E-state index contributed by atoms with van der Waals surface area (Å²) in [4.78, 5) is 23.0. The number of carbonyl (C=O) groups is 2. The van der Waals surface area contributed by atoms with Crippen LogP contribution in [0.2, 0.25) is 5.02 Å². The van der Waals surface area contributed by atoms with Crippen LogP contribution in [0.5, 0.6) is 0 Å². The van der Waals surface area contributed by atoms with Crippen LogP contribution in [0.25, 0.3) is 0 Å². The quantitative estimate of drug-likeness (QED) is 0.836. The van der Waals surface area contributed by atoms with E-state index < -0.39 is 17.9 Å². The summed E-state index contributed by atoms with van der Waals surface area (Å²) in [5, 5.41) is 12.2. The highest BCUT2D eigenvalue weighted by atomic mass is 35.5. The number of carboxylic acid groups (broad SMARTS) is 1. The monoisotopic (exact) mass is 285 g/mol. The predicted octanol–water partition coefficient (Wildman–Crippen LogP) is 1.86. The summed E-state index contributed by atoms with van der Waals surface area (Å²) in [6.45, 7) is 1.90. The molecule has 1 amide bonds. The van der Waals surface area contributed by atoms with Gasteiger partial charge in [-0.1, -0.05) is 30.7 Å². The van der Waals surface area contributed by atoms with Gasteiger partial charge in [-0.15, -0.1) is 0 Å². The van der Waals surface area contributed by atoms with E-state index in [4.69, 9.17) is 16.3 Å². The molecule has 0 saturated carbocycles. The SMILES string of the molecule is COCC(C)C(=O)NC(C(=O)O)c1ccc(Cl)cc1. The van der Waals surface area contributed by atoms with Crippen LogP contribution < -0.4 is 5.32 Å². The third-order valence-electron chi connectivity index (χ3n) is 2.60. The van der Waals surface area contributed by atoms with Crippen molar-refractivity contribution in [3.63, 3.8) is 0 Å². The maximum atomic E-state index is 11.8. The van der Waals surface area contributed by atoms with Crippen LogP contribution in [0.3, 0.4) is 0 Å². The number of amides is 1. The Bertz CT molecular complexity index is 446. The Kier molecular flexibility index (Phi) is 5.79. The molecule has 0 heterocycles. The van der Waals surface area contributed by atoms with Gasteiger partial charge in [-0.2, -0.15) is 0 Å². The van der Waals surface area contributed by atoms with Gasteiger partial charge in [0, 0.05) is 12.1 Å². The number of carboxylic acids is 1. The third-order valence-corrected chi connectivity index (χ3v) is 2.85. The van der Waals surface area contributed by atoms with Crippen LogP contribution >= 0.6 is 11.6 Å². The first kappa shape index (κ1) is 15.5. The molecule has 1 rings (SSSR count). The molecule has 2 unspecified atom stereocenters. The van der Waals surface area contributed by atoms with E-state index in [1.165, 1.54) is 7.11 Å². The molecule has 0 aliphatic carbocycles.